The number of amides is 1. The van der Waals surface area contributed by atoms with Crippen LogP contribution in [0.3, 0.4) is 0 Å². The smallest absolute Gasteiger partial charge is 0.252 e. The monoisotopic (exact) mass is 359 g/mol. The molecule has 6 heteroatoms. The maximum absolute atomic E-state index is 12.3. The molecule has 0 saturated carbocycles. The first-order valence-electron chi connectivity index (χ1n) is 10.0. The zero-order chi connectivity index (χ0) is 18.4. The van der Waals surface area contributed by atoms with Crippen LogP contribution in [0.5, 0.6) is 0 Å². The molecule has 2 aliphatic heterocycles. The summed E-state index contributed by atoms with van der Waals surface area (Å²) in [7, 11) is 4.35. The van der Waals surface area contributed by atoms with Gasteiger partial charge in [0.25, 0.3) is 5.91 Å². The van der Waals surface area contributed by atoms with Gasteiger partial charge in [0.15, 0.2) is 0 Å². The van der Waals surface area contributed by atoms with E-state index >= 15 is 0 Å². The van der Waals surface area contributed by atoms with Crippen LogP contribution in [-0.2, 0) is 0 Å². The van der Waals surface area contributed by atoms with Crippen molar-refractivity contribution in [2.24, 2.45) is 0 Å². The summed E-state index contributed by atoms with van der Waals surface area (Å²) in [5.41, 5.74) is 0.635. The fraction of sp³-hybridized carbons (Fsp3) is 0.700. The molecule has 2 saturated heterocycles. The summed E-state index contributed by atoms with van der Waals surface area (Å²) in [4.78, 5) is 21.5. The molecule has 3 rings (SSSR count). The minimum Gasteiger partial charge on any atom is -0.367 e. The van der Waals surface area contributed by atoms with Crippen molar-refractivity contribution in [2.75, 3.05) is 45.6 Å². The summed E-state index contributed by atoms with van der Waals surface area (Å²) in [6.07, 6.45) is 8.81. The van der Waals surface area contributed by atoms with E-state index in [4.69, 9.17) is 0 Å². The van der Waals surface area contributed by atoms with Gasteiger partial charge in [-0.25, -0.2) is 4.98 Å². The number of carbonyl (C=O) groups excluding carboxylic acids is 1. The molecule has 1 aromatic rings. The lowest BCUT2D eigenvalue weighted by atomic mass is 10.0. The third-order valence-corrected chi connectivity index (χ3v) is 5.78. The average Bonchev–Trinajstić information content (AvgIpc) is 2.66. The molecule has 1 aromatic heterocycles. The van der Waals surface area contributed by atoms with E-state index in [2.05, 4.69) is 39.5 Å². The fourth-order valence-electron chi connectivity index (χ4n) is 3.94. The van der Waals surface area contributed by atoms with Gasteiger partial charge in [-0.15, -0.1) is 0 Å². The van der Waals surface area contributed by atoms with Crippen LogP contribution >= 0.6 is 0 Å². The van der Waals surface area contributed by atoms with E-state index in [0.29, 0.717) is 17.6 Å². The molecule has 0 bridgehead atoms. The van der Waals surface area contributed by atoms with Gasteiger partial charge in [0.1, 0.15) is 5.82 Å². The Kier molecular flexibility index (Phi) is 6.86. The SMILES string of the molecule is CN1CCC(Nc2ccc(C(=O)NCCC3CCCCN3C)cn2)CC1. The number of pyridine rings is 1. The van der Waals surface area contributed by atoms with Crippen molar-refractivity contribution in [1.29, 1.82) is 0 Å². The highest BCUT2D eigenvalue weighted by Gasteiger charge is 2.19. The first kappa shape index (κ1) is 19.1. The van der Waals surface area contributed by atoms with E-state index < -0.39 is 0 Å². The van der Waals surface area contributed by atoms with Crippen molar-refractivity contribution in [3.63, 3.8) is 0 Å². The lowest BCUT2D eigenvalue weighted by Crippen LogP contribution is -2.39. The third kappa shape index (κ3) is 5.42. The second-order valence-corrected chi connectivity index (χ2v) is 7.83. The third-order valence-electron chi connectivity index (χ3n) is 5.78. The van der Waals surface area contributed by atoms with Gasteiger partial charge in [-0.2, -0.15) is 0 Å². The minimum absolute atomic E-state index is 0.0261. The number of carbonyl (C=O) groups is 1. The Labute approximate surface area is 157 Å². The van der Waals surface area contributed by atoms with Gasteiger partial charge in [-0.05, 0) is 78.0 Å². The molecule has 6 nitrogen and oxygen atoms in total. The lowest BCUT2D eigenvalue weighted by molar-refractivity contribution is 0.0945. The molecular weight excluding hydrogens is 326 g/mol. The Morgan fingerprint density at radius 1 is 1.15 bits per heavy atom. The number of piperidine rings is 2. The van der Waals surface area contributed by atoms with Crippen molar-refractivity contribution < 1.29 is 4.79 Å². The summed E-state index contributed by atoms with van der Waals surface area (Å²) in [6, 6.07) is 4.86. The van der Waals surface area contributed by atoms with Gasteiger partial charge in [0.2, 0.25) is 0 Å². The summed E-state index contributed by atoms with van der Waals surface area (Å²) in [5.74, 6) is 0.835. The Hall–Kier alpha value is -1.66. The first-order valence-corrected chi connectivity index (χ1v) is 10.0. The number of likely N-dealkylation sites (tertiary alicyclic amines) is 2. The Morgan fingerprint density at radius 3 is 2.65 bits per heavy atom. The van der Waals surface area contributed by atoms with Gasteiger partial charge in [-0.1, -0.05) is 6.42 Å². The topological polar surface area (TPSA) is 60.5 Å². The molecule has 2 N–H and O–H groups in total. The number of rotatable bonds is 6. The predicted molar refractivity (Wildman–Crippen MR) is 106 cm³/mol. The van der Waals surface area contributed by atoms with E-state index in [1.807, 2.05) is 12.1 Å². The van der Waals surface area contributed by atoms with Crippen molar-refractivity contribution in [2.45, 2.75) is 50.6 Å². The van der Waals surface area contributed by atoms with Crippen LogP contribution in [-0.4, -0.2) is 73.0 Å². The second kappa shape index (κ2) is 9.33. The maximum atomic E-state index is 12.3. The summed E-state index contributed by atoms with van der Waals surface area (Å²) >= 11 is 0. The maximum Gasteiger partial charge on any atom is 0.252 e. The van der Waals surface area contributed by atoms with Crippen molar-refractivity contribution in [3.05, 3.63) is 23.9 Å². The summed E-state index contributed by atoms with van der Waals surface area (Å²) in [6.45, 7) is 4.14. The molecule has 26 heavy (non-hydrogen) atoms. The molecule has 0 radical (unpaired) electrons. The van der Waals surface area contributed by atoms with E-state index in [9.17, 15) is 4.79 Å². The van der Waals surface area contributed by atoms with E-state index in [1.165, 1.54) is 25.8 Å². The summed E-state index contributed by atoms with van der Waals surface area (Å²) in [5, 5.41) is 6.52. The van der Waals surface area contributed by atoms with Crippen molar-refractivity contribution >= 4 is 11.7 Å². The van der Waals surface area contributed by atoms with Crippen LogP contribution in [0, 0.1) is 0 Å². The van der Waals surface area contributed by atoms with Crippen molar-refractivity contribution in [1.82, 2.24) is 20.1 Å². The Bertz CT molecular complexity index is 568. The molecule has 1 unspecified atom stereocenters. The van der Waals surface area contributed by atoms with Crippen LogP contribution in [0.25, 0.3) is 0 Å². The Morgan fingerprint density at radius 2 is 1.96 bits per heavy atom. The highest BCUT2D eigenvalue weighted by molar-refractivity contribution is 5.94. The van der Waals surface area contributed by atoms with Crippen LogP contribution < -0.4 is 10.6 Å². The standard InChI is InChI=1S/C20H33N5O/c1-24-13-9-17(10-14-24)23-19-7-6-16(15-22-19)20(26)21-11-8-18-5-3-4-12-25(18)2/h6-7,15,17-18H,3-5,8-14H2,1-2H3,(H,21,26)(H,22,23). The van der Waals surface area contributed by atoms with Crippen LogP contribution in [0.4, 0.5) is 5.82 Å². The number of hydrogen-bond donors (Lipinski definition) is 2. The van der Waals surface area contributed by atoms with E-state index in [1.54, 1.807) is 6.20 Å². The molecule has 3 heterocycles. The molecule has 0 aromatic carbocycles. The molecular formula is C20H33N5O. The summed E-state index contributed by atoms with van der Waals surface area (Å²) < 4.78 is 0. The minimum atomic E-state index is -0.0261. The van der Waals surface area contributed by atoms with Gasteiger partial charge in [0.05, 0.1) is 5.56 Å². The van der Waals surface area contributed by atoms with Gasteiger partial charge in [-0.3, -0.25) is 4.79 Å². The average molecular weight is 360 g/mol. The largest absolute Gasteiger partial charge is 0.367 e. The van der Waals surface area contributed by atoms with Crippen molar-refractivity contribution in [3.8, 4) is 0 Å². The van der Waals surface area contributed by atoms with E-state index in [-0.39, 0.29) is 5.91 Å². The quantitative estimate of drug-likeness (QED) is 0.815. The second-order valence-electron chi connectivity index (χ2n) is 7.83. The molecule has 0 spiro atoms. The zero-order valence-electron chi connectivity index (χ0n) is 16.2. The molecule has 1 amide bonds. The van der Waals surface area contributed by atoms with Crippen LogP contribution in [0.15, 0.2) is 18.3 Å². The number of nitrogens with zero attached hydrogens (tertiary/aromatic N) is 3. The highest BCUT2D eigenvalue weighted by atomic mass is 16.1. The Balaban J connectivity index is 1.41. The molecule has 2 fully saturated rings. The molecule has 0 aliphatic carbocycles. The highest BCUT2D eigenvalue weighted by Crippen LogP contribution is 2.17. The molecule has 2 aliphatic rings. The normalized spacial score (nSPS) is 22.9. The van der Waals surface area contributed by atoms with E-state index in [0.717, 1.165) is 44.7 Å². The predicted octanol–water partition coefficient (Wildman–Crippen LogP) is 2.19. The molecule has 144 valence electrons. The number of anilines is 1. The van der Waals surface area contributed by atoms with Gasteiger partial charge < -0.3 is 20.4 Å². The van der Waals surface area contributed by atoms with Crippen LogP contribution in [0.1, 0.15) is 48.9 Å². The first-order chi connectivity index (χ1) is 12.6. The number of nitrogens with one attached hydrogen (secondary N) is 2. The van der Waals surface area contributed by atoms with Gasteiger partial charge in [0, 0.05) is 24.8 Å². The zero-order valence-corrected chi connectivity index (χ0v) is 16.2. The number of aromatic nitrogens is 1. The number of hydrogen-bond acceptors (Lipinski definition) is 5. The van der Waals surface area contributed by atoms with Gasteiger partial charge >= 0.3 is 0 Å². The fourth-order valence-corrected chi connectivity index (χ4v) is 3.94. The van der Waals surface area contributed by atoms with Crippen LogP contribution in [0.2, 0.25) is 0 Å². The lowest BCUT2D eigenvalue weighted by Gasteiger charge is -2.32. The molecule has 1 atom stereocenters.